The Bertz CT molecular complexity index is 1170. The predicted molar refractivity (Wildman–Crippen MR) is 138 cm³/mol. The first kappa shape index (κ1) is 31.0. The molecule has 0 aromatic heterocycles. The summed E-state index contributed by atoms with van der Waals surface area (Å²) < 4.78 is 44.0. The van der Waals surface area contributed by atoms with Crippen molar-refractivity contribution in [3.05, 3.63) is 65.0 Å². The molecule has 0 spiro atoms. The van der Waals surface area contributed by atoms with Gasteiger partial charge in [0.1, 0.15) is 5.75 Å². The number of ether oxygens (including phenoxy) is 1. The van der Waals surface area contributed by atoms with Gasteiger partial charge < -0.3 is 31.4 Å². The van der Waals surface area contributed by atoms with Crippen molar-refractivity contribution >= 4 is 23.5 Å². The maximum absolute atomic E-state index is 13.7. The molecule has 0 bridgehead atoms. The molecule has 1 aliphatic heterocycles. The van der Waals surface area contributed by atoms with E-state index in [0.29, 0.717) is 24.2 Å². The molecule has 0 aliphatic carbocycles. The molecule has 0 fully saturated rings. The standard InChI is InChI=1S/C24H32NO6PS.2H3N/c1-4-6-13-24(5-2)17-33(29,30)22-15-19(12-14-32(26,27)28)21(31-3)16-20(22)23(25-24)18-10-8-7-9-11-18;;/h7-12,14-16,23,25H,4-6,13,17H2,1-3H3,(H2,26,27,28);2*1H3/b14-12+;;/t23-,24-;;/m1../s1. The Morgan fingerprint density at radius 3 is 2.37 bits per heavy atom. The quantitative estimate of drug-likeness (QED) is 0.429. The Labute approximate surface area is 208 Å². The zero-order valence-corrected chi connectivity index (χ0v) is 22.8. The number of unbranched alkanes of at least 4 members (excludes halogenated alkanes) is 1. The van der Waals surface area contributed by atoms with Crippen molar-refractivity contribution in [3.8, 4) is 5.75 Å². The summed E-state index contributed by atoms with van der Waals surface area (Å²) in [7, 11) is -7.26. The lowest BCUT2D eigenvalue weighted by atomic mass is 9.88. The first-order valence-corrected chi connectivity index (χ1v) is 14.3. The minimum atomic E-state index is -4.93. The van der Waals surface area contributed by atoms with E-state index in [1.54, 1.807) is 6.07 Å². The van der Waals surface area contributed by atoms with Crippen LogP contribution >= 0.6 is 7.60 Å². The predicted octanol–water partition coefficient (Wildman–Crippen LogP) is 4.14. The van der Waals surface area contributed by atoms with Gasteiger partial charge in [-0.3, -0.25) is 5.32 Å². The molecule has 0 radical (unpaired) electrons. The van der Waals surface area contributed by atoms with Crippen molar-refractivity contribution in [1.29, 1.82) is 0 Å². The third-order valence-electron chi connectivity index (χ3n) is 6.18. The van der Waals surface area contributed by atoms with Crippen molar-refractivity contribution in [2.24, 2.45) is 0 Å². The minimum Gasteiger partial charge on any atom is -0.808 e. The maximum Gasteiger partial charge on any atom is 0.180 e. The second kappa shape index (κ2) is 12.3. The summed E-state index contributed by atoms with van der Waals surface area (Å²) in [6.07, 6.45) is 4.25. The molecule has 196 valence electrons. The summed E-state index contributed by atoms with van der Waals surface area (Å²) in [6.45, 7) is 4.07. The summed E-state index contributed by atoms with van der Waals surface area (Å²) in [4.78, 5) is 22.4. The molecule has 0 unspecified atom stereocenters. The molecule has 35 heavy (non-hydrogen) atoms. The summed E-state index contributed by atoms with van der Waals surface area (Å²) in [5, 5.41) is 3.67. The smallest absolute Gasteiger partial charge is 0.180 e. The Morgan fingerprint density at radius 1 is 1.17 bits per heavy atom. The van der Waals surface area contributed by atoms with Gasteiger partial charge in [-0.1, -0.05) is 68.9 Å². The molecular formula is C24H38N3O6PS. The topological polar surface area (TPSA) is 192 Å². The molecule has 2 aromatic carbocycles. The molecule has 2 aromatic rings. The fourth-order valence-electron chi connectivity index (χ4n) is 4.38. The van der Waals surface area contributed by atoms with E-state index in [4.69, 9.17) is 4.74 Å². The number of fused-ring (bicyclic) bond motifs is 1. The van der Waals surface area contributed by atoms with E-state index in [0.717, 1.165) is 24.5 Å². The lowest BCUT2D eigenvalue weighted by Crippen LogP contribution is -2.50. The number of sulfone groups is 1. The monoisotopic (exact) mass is 527 g/mol. The summed E-state index contributed by atoms with van der Waals surface area (Å²) in [6, 6.07) is 12.2. The Kier molecular flexibility index (Phi) is 10.9. The zero-order valence-electron chi connectivity index (χ0n) is 21.1. The van der Waals surface area contributed by atoms with Gasteiger partial charge in [0.25, 0.3) is 0 Å². The van der Waals surface area contributed by atoms with E-state index in [1.807, 2.05) is 37.3 Å². The molecule has 1 heterocycles. The van der Waals surface area contributed by atoms with Crippen LogP contribution in [-0.2, 0) is 14.4 Å². The van der Waals surface area contributed by atoms with Gasteiger partial charge in [0.05, 0.1) is 23.8 Å². The molecule has 9 N–H and O–H groups in total. The van der Waals surface area contributed by atoms with Crippen LogP contribution in [0.3, 0.4) is 0 Å². The maximum atomic E-state index is 13.7. The average Bonchev–Trinajstić information content (AvgIpc) is 2.88. The second-order valence-corrected chi connectivity index (χ2v) is 11.8. The first-order chi connectivity index (χ1) is 15.5. The fraction of sp³-hybridized carbons (Fsp3) is 0.417. The van der Waals surface area contributed by atoms with E-state index < -0.39 is 29.0 Å². The number of benzene rings is 2. The first-order valence-electron chi connectivity index (χ1n) is 11.0. The second-order valence-electron chi connectivity index (χ2n) is 8.47. The summed E-state index contributed by atoms with van der Waals surface area (Å²) >= 11 is 0. The molecule has 0 amide bonds. The Balaban J connectivity index is 0.00000306. The molecule has 0 saturated heterocycles. The van der Waals surface area contributed by atoms with Crippen LogP contribution in [0.1, 0.15) is 62.3 Å². The molecule has 9 nitrogen and oxygen atoms in total. The van der Waals surface area contributed by atoms with Crippen molar-refractivity contribution in [2.45, 2.75) is 56.0 Å². The fourth-order valence-corrected chi connectivity index (χ4v) is 6.88. The molecule has 3 rings (SSSR count). The third kappa shape index (κ3) is 7.24. The van der Waals surface area contributed by atoms with Gasteiger partial charge in [0.2, 0.25) is 0 Å². The van der Waals surface area contributed by atoms with Crippen molar-refractivity contribution < 1.29 is 27.5 Å². The number of hydrogen-bond donors (Lipinski definition) is 3. The average molecular weight is 528 g/mol. The highest BCUT2D eigenvalue weighted by molar-refractivity contribution is 7.91. The third-order valence-corrected chi connectivity index (χ3v) is 8.65. The van der Waals surface area contributed by atoms with Gasteiger partial charge in [-0.25, -0.2) is 8.42 Å². The lowest BCUT2D eigenvalue weighted by molar-refractivity contribution is -0.308. The van der Waals surface area contributed by atoms with E-state index in [9.17, 15) is 22.8 Å². The number of hydrogen-bond acceptors (Lipinski definition) is 7. The summed E-state index contributed by atoms with van der Waals surface area (Å²) in [5.74, 6) is 0.739. The van der Waals surface area contributed by atoms with Crippen LogP contribution in [0.4, 0.5) is 0 Å². The SMILES string of the molecule is CCCC[C@]1(CC)CS(=O)(=O)c2cc(/C=C/P(=O)([O-])[O-])c(OC)cc2[C@@H](c2ccccc2)N1.[NH4+].[NH4+]. The zero-order chi connectivity index (χ0) is 24.3. The lowest BCUT2D eigenvalue weighted by Gasteiger charge is -2.36. The number of methoxy groups -OCH3 is 1. The Morgan fingerprint density at radius 2 is 1.83 bits per heavy atom. The molecule has 0 saturated carbocycles. The van der Waals surface area contributed by atoms with Crippen molar-refractivity contribution in [2.75, 3.05) is 12.9 Å². The van der Waals surface area contributed by atoms with Gasteiger partial charge in [-0.15, -0.1) is 0 Å². The number of nitrogens with one attached hydrogen (secondary N) is 1. The van der Waals surface area contributed by atoms with E-state index in [-0.39, 0.29) is 34.3 Å². The Hall–Kier alpha value is -2.04. The van der Waals surface area contributed by atoms with Crippen LogP contribution in [0, 0.1) is 0 Å². The largest absolute Gasteiger partial charge is 0.808 e. The van der Waals surface area contributed by atoms with Crippen molar-refractivity contribution in [3.63, 3.8) is 0 Å². The van der Waals surface area contributed by atoms with Gasteiger partial charge in [-0.05, 0) is 43.7 Å². The highest BCUT2D eigenvalue weighted by atomic mass is 32.2. The molecule has 1 aliphatic rings. The van der Waals surface area contributed by atoms with E-state index >= 15 is 0 Å². The highest BCUT2D eigenvalue weighted by Gasteiger charge is 2.42. The normalized spacial score (nSPS) is 21.3. The van der Waals surface area contributed by atoms with Crippen LogP contribution in [0.5, 0.6) is 5.75 Å². The molecular weight excluding hydrogens is 489 g/mol. The number of rotatable bonds is 8. The van der Waals surface area contributed by atoms with E-state index in [1.165, 1.54) is 13.2 Å². The van der Waals surface area contributed by atoms with Crippen molar-refractivity contribution in [1.82, 2.24) is 17.6 Å². The number of quaternary nitrogens is 2. The van der Waals surface area contributed by atoms with Crippen LogP contribution in [0.2, 0.25) is 0 Å². The molecule has 2 atom stereocenters. The van der Waals surface area contributed by atoms with Gasteiger partial charge >= 0.3 is 0 Å². The summed E-state index contributed by atoms with van der Waals surface area (Å²) in [5.41, 5.74) is 1.04. The van der Waals surface area contributed by atoms with Gasteiger partial charge in [-0.2, -0.15) is 0 Å². The highest BCUT2D eigenvalue weighted by Crippen LogP contribution is 2.41. The van der Waals surface area contributed by atoms with E-state index in [2.05, 4.69) is 12.2 Å². The van der Waals surface area contributed by atoms with Crippen LogP contribution in [-0.4, -0.2) is 26.8 Å². The van der Waals surface area contributed by atoms with Crippen LogP contribution < -0.4 is 32.1 Å². The molecule has 11 heteroatoms. The van der Waals surface area contributed by atoms with Gasteiger partial charge in [0, 0.05) is 11.1 Å². The van der Waals surface area contributed by atoms with Crippen LogP contribution in [0.15, 0.2) is 53.2 Å². The van der Waals surface area contributed by atoms with Crippen LogP contribution in [0.25, 0.3) is 6.08 Å². The van der Waals surface area contributed by atoms with Gasteiger partial charge in [0.15, 0.2) is 9.84 Å². The minimum absolute atomic E-state index is 0.